The number of aliphatic hydroxyl groups is 1. The molecule has 0 aliphatic heterocycles. The van der Waals surface area contributed by atoms with Crippen molar-refractivity contribution >= 4 is 11.4 Å². The second kappa shape index (κ2) is 5.47. The predicted octanol–water partition coefficient (Wildman–Crippen LogP) is 2.79. The lowest BCUT2D eigenvalue weighted by Gasteiger charge is -2.32. The van der Waals surface area contributed by atoms with Gasteiger partial charge in [-0.3, -0.25) is 0 Å². The number of nitrogens with two attached hydrogens (primary N) is 1. The van der Waals surface area contributed by atoms with E-state index in [0.717, 1.165) is 31.5 Å². The molecule has 4 nitrogen and oxygen atoms in total. The highest BCUT2D eigenvalue weighted by atomic mass is 19.4. The van der Waals surface area contributed by atoms with E-state index in [1.54, 1.807) is 0 Å². The first-order valence-electron chi connectivity index (χ1n) is 6.59. The molecule has 112 valence electrons. The molecule has 0 atom stereocenters. The number of pyridine rings is 1. The summed E-state index contributed by atoms with van der Waals surface area (Å²) in [5, 5.41) is 13.1. The minimum Gasteiger partial charge on any atom is -0.396 e. The van der Waals surface area contributed by atoms with Crippen molar-refractivity contribution in [2.75, 3.05) is 17.6 Å². The van der Waals surface area contributed by atoms with E-state index in [4.69, 9.17) is 5.73 Å². The number of hydrogen-bond acceptors (Lipinski definition) is 4. The fourth-order valence-electron chi connectivity index (χ4n) is 2.42. The minimum atomic E-state index is -4.51. The molecule has 0 radical (unpaired) electrons. The van der Waals surface area contributed by atoms with Crippen LogP contribution in [0.25, 0.3) is 0 Å². The van der Waals surface area contributed by atoms with Crippen LogP contribution < -0.4 is 11.1 Å². The molecule has 0 spiro atoms. The second-order valence-electron chi connectivity index (χ2n) is 5.29. The van der Waals surface area contributed by atoms with E-state index in [9.17, 15) is 18.3 Å². The maximum atomic E-state index is 12.6. The van der Waals surface area contributed by atoms with Crippen LogP contribution in [-0.4, -0.2) is 22.2 Å². The summed E-state index contributed by atoms with van der Waals surface area (Å²) in [4.78, 5) is 3.27. The Morgan fingerprint density at radius 2 is 1.95 bits per heavy atom. The topological polar surface area (TPSA) is 71.2 Å². The molecule has 1 saturated carbocycles. The molecule has 7 heteroatoms. The standard InChI is InChI=1S/C13H18F3N3O/c14-13(15,16)11-6-10(9(17)7-18-11)19-8-12(20)4-2-1-3-5-12/h6-7,20H,1-5,8,17H2,(H,18,19). The monoisotopic (exact) mass is 289 g/mol. The van der Waals surface area contributed by atoms with Crippen molar-refractivity contribution in [1.29, 1.82) is 0 Å². The Morgan fingerprint density at radius 3 is 2.55 bits per heavy atom. The number of aromatic nitrogens is 1. The lowest BCUT2D eigenvalue weighted by Crippen LogP contribution is -2.38. The van der Waals surface area contributed by atoms with Crippen LogP contribution in [-0.2, 0) is 6.18 Å². The summed E-state index contributed by atoms with van der Waals surface area (Å²) >= 11 is 0. The van der Waals surface area contributed by atoms with Gasteiger partial charge in [-0.05, 0) is 18.9 Å². The molecular formula is C13H18F3N3O. The van der Waals surface area contributed by atoms with Gasteiger partial charge in [0.1, 0.15) is 5.69 Å². The molecule has 1 aromatic rings. The average molecular weight is 289 g/mol. The Bertz CT molecular complexity index is 470. The summed E-state index contributed by atoms with van der Waals surface area (Å²) in [7, 11) is 0. The molecule has 1 aliphatic rings. The summed E-state index contributed by atoms with van der Waals surface area (Å²) in [5.74, 6) is 0. The molecule has 0 bridgehead atoms. The van der Waals surface area contributed by atoms with Gasteiger partial charge in [0.25, 0.3) is 0 Å². The van der Waals surface area contributed by atoms with E-state index >= 15 is 0 Å². The van der Waals surface area contributed by atoms with Crippen LogP contribution in [0.1, 0.15) is 37.8 Å². The van der Waals surface area contributed by atoms with Crippen LogP contribution >= 0.6 is 0 Å². The molecule has 0 aromatic carbocycles. The predicted molar refractivity (Wildman–Crippen MR) is 70.2 cm³/mol. The third kappa shape index (κ3) is 3.53. The fraction of sp³-hybridized carbons (Fsp3) is 0.615. The summed E-state index contributed by atoms with van der Waals surface area (Å²) in [6.45, 7) is 0.193. The van der Waals surface area contributed by atoms with Gasteiger partial charge in [-0.15, -0.1) is 0 Å². The maximum absolute atomic E-state index is 12.6. The minimum absolute atomic E-state index is 0.136. The number of anilines is 2. The summed E-state index contributed by atoms with van der Waals surface area (Å²) < 4.78 is 37.8. The van der Waals surface area contributed by atoms with Crippen LogP contribution in [0.5, 0.6) is 0 Å². The largest absolute Gasteiger partial charge is 0.433 e. The Hall–Kier alpha value is -1.50. The van der Waals surface area contributed by atoms with Crippen LogP contribution in [0.3, 0.4) is 0 Å². The van der Waals surface area contributed by atoms with Gasteiger partial charge in [0.15, 0.2) is 0 Å². The normalized spacial score (nSPS) is 18.8. The lowest BCUT2D eigenvalue weighted by molar-refractivity contribution is -0.141. The third-order valence-electron chi connectivity index (χ3n) is 3.62. The van der Waals surface area contributed by atoms with Crippen molar-refractivity contribution in [3.05, 3.63) is 18.0 Å². The highest BCUT2D eigenvalue weighted by Gasteiger charge is 2.33. The van der Waals surface area contributed by atoms with Crippen LogP contribution in [0, 0.1) is 0 Å². The number of nitrogens with zero attached hydrogens (tertiary/aromatic N) is 1. The zero-order chi connectivity index (χ0) is 14.8. The average Bonchev–Trinajstić information content (AvgIpc) is 2.37. The zero-order valence-electron chi connectivity index (χ0n) is 11.0. The van der Waals surface area contributed by atoms with E-state index in [0.29, 0.717) is 12.8 Å². The number of rotatable bonds is 3. The fourth-order valence-corrected chi connectivity index (χ4v) is 2.42. The molecule has 0 unspecified atom stereocenters. The van der Waals surface area contributed by atoms with Gasteiger partial charge < -0.3 is 16.2 Å². The smallest absolute Gasteiger partial charge is 0.396 e. The molecule has 1 aromatic heterocycles. The van der Waals surface area contributed by atoms with Crippen molar-refractivity contribution in [3.63, 3.8) is 0 Å². The Balaban J connectivity index is 2.09. The molecule has 0 amide bonds. The van der Waals surface area contributed by atoms with Crippen molar-refractivity contribution < 1.29 is 18.3 Å². The third-order valence-corrected chi connectivity index (χ3v) is 3.62. The van der Waals surface area contributed by atoms with Gasteiger partial charge in [-0.2, -0.15) is 13.2 Å². The van der Waals surface area contributed by atoms with Gasteiger partial charge in [-0.25, -0.2) is 4.98 Å². The molecule has 4 N–H and O–H groups in total. The van der Waals surface area contributed by atoms with Crippen LogP contribution in [0.4, 0.5) is 24.5 Å². The molecule has 2 rings (SSSR count). The molecule has 20 heavy (non-hydrogen) atoms. The van der Waals surface area contributed by atoms with E-state index < -0.39 is 17.5 Å². The molecular weight excluding hydrogens is 271 g/mol. The molecule has 1 aliphatic carbocycles. The van der Waals surface area contributed by atoms with Gasteiger partial charge in [-0.1, -0.05) is 19.3 Å². The summed E-state index contributed by atoms with van der Waals surface area (Å²) in [6.07, 6.45) is 0.712. The quantitative estimate of drug-likeness (QED) is 0.800. The SMILES string of the molecule is Nc1cnc(C(F)(F)F)cc1NCC1(O)CCCCC1. The van der Waals surface area contributed by atoms with Crippen molar-refractivity contribution in [2.45, 2.75) is 43.9 Å². The van der Waals surface area contributed by atoms with Gasteiger partial charge >= 0.3 is 6.18 Å². The Labute approximate surface area is 115 Å². The molecule has 1 heterocycles. The summed E-state index contributed by atoms with van der Waals surface area (Å²) in [6, 6.07) is 0.877. The van der Waals surface area contributed by atoms with E-state index in [-0.39, 0.29) is 17.9 Å². The number of nitrogens with one attached hydrogen (secondary N) is 1. The van der Waals surface area contributed by atoms with Crippen LogP contribution in [0.15, 0.2) is 12.3 Å². The number of hydrogen-bond donors (Lipinski definition) is 3. The number of halogens is 3. The molecule has 0 saturated heterocycles. The van der Waals surface area contributed by atoms with Crippen LogP contribution in [0.2, 0.25) is 0 Å². The zero-order valence-corrected chi connectivity index (χ0v) is 11.0. The first-order chi connectivity index (χ1) is 9.30. The van der Waals surface area contributed by atoms with Gasteiger partial charge in [0.2, 0.25) is 0 Å². The summed E-state index contributed by atoms with van der Waals surface area (Å²) in [5.41, 5.74) is 4.05. The Morgan fingerprint density at radius 1 is 1.30 bits per heavy atom. The van der Waals surface area contributed by atoms with Crippen molar-refractivity contribution in [3.8, 4) is 0 Å². The first-order valence-corrected chi connectivity index (χ1v) is 6.59. The lowest BCUT2D eigenvalue weighted by atomic mass is 9.85. The second-order valence-corrected chi connectivity index (χ2v) is 5.29. The number of alkyl halides is 3. The highest BCUT2D eigenvalue weighted by Crippen LogP contribution is 2.32. The van der Waals surface area contributed by atoms with E-state index in [1.807, 2.05) is 0 Å². The van der Waals surface area contributed by atoms with Crippen molar-refractivity contribution in [2.24, 2.45) is 0 Å². The van der Waals surface area contributed by atoms with Gasteiger partial charge in [0.05, 0.1) is 23.2 Å². The molecule has 1 fully saturated rings. The van der Waals surface area contributed by atoms with Crippen molar-refractivity contribution in [1.82, 2.24) is 4.98 Å². The number of nitrogen functional groups attached to an aromatic ring is 1. The van der Waals surface area contributed by atoms with E-state index in [2.05, 4.69) is 10.3 Å². The maximum Gasteiger partial charge on any atom is 0.433 e. The highest BCUT2D eigenvalue weighted by molar-refractivity contribution is 5.65. The Kier molecular flexibility index (Phi) is 4.08. The first kappa shape index (κ1) is 14.9. The van der Waals surface area contributed by atoms with Gasteiger partial charge in [0, 0.05) is 6.54 Å². The van der Waals surface area contributed by atoms with E-state index in [1.165, 1.54) is 0 Å².